The van der Waals surface area contributed by atoms with Crippen LogP contribution in [-0.2, 0) is 4.74 Å². The first-order chi connectivity index (χ1) is 9.11. The summed E-state index contributed by atoms with van der Waals surface area (Å²) in [5.74, 6) is 0.581. The van der Waals surface area contributed by atoms with Gasteiger partial charge in [-0.2, -0.15) is 0 Å². The molecule has 19 heavy (non-hydrogen) atoms. The zero-order valence-electron chi connectivity index (χ0n) is 11.5. The predicted octanol–water partition coefficient (Wildman–Crippen LogP) is 3.26. The Balaban J connectivity index is 2.12. The van der Waals surface area contributed by atoms with Gasteiger partial charge >= 0.3 is 0 Å². The first-order valence-corrected chi connectivity index (χ1v) is 7.54. The molecule has 0 aromatic heterocycles. The highest BCUT2D eigenvalue weighted by Gasteiger charge is 2.23. The van der Waals surface area contributed by atoms with Crippen LogP contribution in [0.5, 0.6) is 0 Å². The average molecular weight is 326 g/mol. The second-order valence-corrected chi connectivity index (χ2v) is 5.91. The molecule has 1 saturated heterocycles. The number of hydrogen-bond acceptors (Lipinski definition) is 2. The molecule has 1 aliphatic heterocycles. The Morgan fingerprint density at radius 2 is 2.32 bits per heavy atom. The molecule has 0 radical (unpaired) electrons. The number of benzene rings is 1. The van der Waals surface area contributed by atoms with E-state index in [0.717, 1.165) is 48.3 Å². The number of hydrogen-bond donors (Lipinski definition) is 0. The topological polar surface area (TPSA) is 29.5 Å². The van der Waals surface area contributed by atoms with E-state index in [1.165, 1.54) is 0 Å². The Morgan fingerprint density at radius 3 is 2.95 bits per heavy atom. The van der Waals surface area contributed by atoms with Crippen molar-refractivity contribution in [3.63, 3.8) is 0 Å². The van der Waals surface area contributed by atoms with Crippen LogP contribution in [0.1, 0.15) is 29.3 Å². The molecule has 2 rings (SSSR count). The first-order valence-electron chi connectivity index (χ1n) is 6.75. The zero-order chi connectivity index (χ0) is 13.8. The maximum Gasteiger partial charge on any atom is 0.255 e. The lowest BCUT2D eigenvalue weighted by molar-refractivity contribution is 0.0730. The summed E-state index contributed by atoms with van der Waals surface area (Å²) in [5.41, 5.74) is 1.85. The quantitative estimate of drug-likeness (QED) is 0.850. The van der Waals surface area contributed by atoms with Crippen LogP contribution in [-0.4, -0.2) is 37.1 Å². The fourth-order valence-electron chi connectivity index (χ4n) is 2.37. The van der Waals surface area contributed by atoms with Gasteiger partial charge in [0.15, 0.2) is 0 Å². The molecule has 1 amide bonds. The average Bonchev–Trinajstić information content (AvgIpc) is 2.91. The van der Waals surface area contributed by atoms with Gasteiger partial charge in [0.2, 0.25) is 0 Å². The van der Waals surface area contributed by atoms with Crippen LogP contribution in [0.4, 0.5) is 0 Å². The largest absolute Gasteiger partial charge is 0.381 e. The van der Waals surface area contributed by atoms with E-state index in [4.69, 9.17) is 4.74 Å². The lowest BCUT2D eigenvalue weighted by Gasteiger charge is -2.24. The van der Waals surface area contributed by atoms with Gasteiger partial charge in [0.1, 0.15) is 0 Å². The van der Waals surface area contributed by atoms with Crippen LogP contribution < -0.4 is 0 Å². The molecular weight excluding hydrogens is 306 g/mol. The molecule has 1 fully saturated rings. The zero-order valence-corrected chi connectivity index (χ0v) is 13.1. The highest BCUT2D eigenvalue weighted by Crippen LogP contribution is 2.21. The third kappa shape index (κ3) is 3.57. The SMILES string of the molecule is CCN(CC1CCOC1)C(=O)c1cc(C)ccc1Br. The standard InChI is InChI=1S/C15H20BrNO2/c1-3-17(9-12-6-7-19-10-12)15(18)13-8-11(2)4-5-14(13)16/h4-5,8,12H,3,6-7,9-10H2,1-2H3. The highest BCUT2D eigenvalue weighted by atomic mass is 79.9. The van der Waals surface area contributed by atoms with E-state index in [0.29, 0.717) is 5.92 Å². The molecule has 4 heteroatoms. The van der Waals surface area contributed by atoms with Crippen LogP contribution in [0, 0.1) is 12.8 Å². The van der Waals surface area contributed by atoms with Crippen molar-refractivity contribution in [2.75, 3.05) is 26.3 Å². The molecule has 0 spiro atoms. The summed E-state index contributed by atoms with van der Waals surface area (Å²) in [5, 5.41) is 0. The molecule has 1 aromatic rings. The van der Waals surface area contributed by atoms with Gasteiger partial charge in [-0.1, -0.05) is 11.6 Å². The molecule has 1 atom stereocenters. The number of halogens is 1. The van der Waals surface area contributed by atoms with Crippen molar-refractivity contribution in [2.24, 2.45) is 5.92 Å². The van der Waals surface area contributed by atoms with Crippen molar-refractivity contribution in [2.45, 2.75) is 20.3 Å². The third-order valence-electron chi connectivity index (χ3n) is 3.52. The predicted molar refractivity (Wildman–Crippen MR) is 79.4 cm³/mol. The van der Waals surface area contributed by atoms with Gasteiger partial charge in [0.05, 0.1) is 12.2 Å². The van der Waals surface area contributed by atoms with E-state index in [2.05, 4.69) is 15.9 Å². The highest BCUT2D eigenvalue weighted by molar-refractivity contribution is 9.10. The molecule has 0 saturated carbocycles. The summed E-state index contributed by atoms with van der Waals surface area (Å²) in [6.45, 7) is 7.15. The van der Waals surface area contributed by atoms with Gasteiger partial charge in [-0.3, -0.25) is 4.79 Å². The Labute approximate surface area is 123 Å². The van der Waals surface area contributed by atoms with E-state index in [-0.39, 0.29) is 5.91 Å². The van der Waals surface area contributed by atoms with E-state index in [1.54, 1.807) is 0 Å². The number of nitrogens with zero attached hydrogens (tertiary/aromatic N) is 1. The van der Waals surface area contributed by atoms with Crippen LogP contribution in [0.25, 0.3) is 0 Å². The molecule has 1 aromatic carbocycles. The second kappa shape index (κ2) is 6.53. The summed E-state index contributed by atoms with van der Waals surface area (Å²) in [6.07, 6.45) is 1.05. The molecule has 1 aliphatic rings. The van der Waals surface area contributed by atoms with Crippen LogP contribution in [0.3, 0.4) is 0 Å². The van der Waals surface area contributed by atoms with Crippen molar-refractivity contribution < 1.29 is 9.53 Å². The summed E-state index contributed by atoms with van der Waals surface area (Å²) in [4.78, 5) is 14.5. The minimum absolute atomic E-state index is 0.102. The normalized spacial score (nSPS) is 18.6. The van der Waals surface area contributed by atoms with E-state index in [1.807, 2.05) is 36.9 Å². The molecule has 1 unspecified atom stereocenters. The minimum Gasteiger partial charge on any atom is -0.381 e. The first kappa shape index (κ1) is 14.5. The molecule has 104 valence electrons. The van der Waals surface area contributed by atoms with Crippen molar-refractivity contribution in [3.05, 3.63) is 33.8 Å². The molecular formula is C15H20BrNO2. The minimum atomic E-state index is 0.102. The lowest BCUT2D eigenvalue weighted by Crippen LogP contribution is -2.35. The van der Waals surface area contributed by atoms with Crippen molar-refractivity contribution in [3.8, 4) is 0 Å². The number of carbonyl (C=O) groups is 1. The smallest absolute Gasteiger partial charge is 0.255 e. The van der Waals surface area contributed by atoms with E-state index < -0.39 is 0 Å². The molecule has 3 nitrogen and oxygen atoms in total. The Bertz CT molecular complexity index is 455. The Kier molecular flexibility index (Phi) is 4.99. The van der Waals surface area contributed by atoms with Crippen LogP contribution >= 0.6 is 15.9 Å². The summed E-state index contributed by atoms with van der Waals surface area (Å²) in [7, 11) is 0. The number of ether oxygens (including phenoxy) is 1. The van der Waals surface area contributed by atoms with Crippen LogP contribution in [0.15, 0.2) is 22.7 Å². The fourth-order valence-corrected chi connectivity index (χ4v) is 2.78. The van der Waals surface area contributed by atoms with E-state index >= 15 is 0 Å². The maximum atomic E-state index is 12.6. The summed E-state index contributed by atoms with van der Waals surface area (Å²) >= 11 is 3.47. The third-order valence-corrected chi connectivity index (χ3v) is 4.22. The Hall–Kier alpha value is -0.870. The van der Waals surface area contributed by atoms with Gasteiger partial charge in [-0.05, 0) is 48.3 Å². The molecule has 1 heterocycles. The van der Waals surface area contributed by atoms with Crippen molar-refractivity contribution >= 4 is 21.8 Å². The Morgan fingerprint density at radius 1 is 1.53 bits per heavy atom. The molecule has 0 aliphatic carbocycles. The fraction of sp³-hybridized carbons (Fsp3) is 0.533. The second-order valence-electron chi connectivity index (χ2n) is 5.06. The van der Waals surface area contributed by atoms with Gasteiger partial charge in [0.25, 0.3) is 5.91 Å². The van der Waals surface area contributed by atoms with Gasteiger partial charge < -0.3 is 9.64 Å². The van der Waals surface area contributed by atoms with Gasteiger partial charge in [-0.15, -0.1) is 0 Å². The lowest BCUT2D eigenvalue weighted by atomic mass is 10.1. The number of rotatable bonds is 4. The van der Waals surface area contributed by atoms with E-state index in [9.17, 15) is 4.79 Å². The summed E-state index contributed by atoms with van der Waals surface area (Å²) in [6, 6.07) is 5.89. The number of aryl methyl sites for hydroxylation is 1. The maximum absolute atomic E-state index is 12.6. The summed E-state index contributed by atoms with van der Waals surface area (Å²) < 4.78 is 6.25. The van der Waals surface area contributed by atoms with Gasteiger partial charge in [0, 0.05) is 30.1 Å². The van der Waals surface area contributed by atoms with Crippen molar-refractivity contribution in [1.82, 2.24) is 4.90 Å². The van der Waals surface area contributed by atoms with Crippen molar-refractivity contribution in [1.29, 1.82) is 0 Å². The molecule has 0 N–H and O–H groups in total. The number of carbonyl (C=O) groups excluding carboxylic acids is 1. The molecule has 0 bridgehead atoms. The monoisotopic (exact) mass is 325 g/mol. The van der Waals surface area contributed by atoms with Crippen LogP contribution in [0.2, 0.25) is 0 Å². The number of amides is 1. The van der Waals surface area contributed by atoms with Gasteiger partial charge in [-0.25, -0.2) is 0 Å².